The minimum atomic E-state index is 0.883. The number of hydrogen-bond acceptors (Lipinski definition) is 3. The molecule has 8 aromatic carbocycles. The van der Waals surface area contributed by atoms with Gasteiger partial charge in [-0.25, -0.2) is 0 Å². The summed E-state index contributed by atoms with van der Waals surface area (Å²) in [5, 5.41) is 6.75. The van der Waals surface area contributed by atoms with Crippen LogP contribution in [0.15, 0.2) is 183 Å². The lowest BCUT2D eigenvalue weighted by Gasteiger charge is -2.08. The number of hydrogen-bond donors (Lipinski definition) is 0. The van der Waals surface area contributed by atoms with Gasteiger partial charge in [0.05, 0.1) is 0 Å². The average molecular weight is 653 g/mol. The largest absolute Gasteiger partial charge is 0.456 e. The second-order valence-corrected chi connectivity index (χ2v) is 13.3. The second kappa shape index (κ2) is 10.8. The van der Waals surface area contributed by atoms with Gasteiger partial charge in [-0.2, -0.15) is 0 Å². The Morgan fingerprint density at radius 3 is 0.824 bits per heavy atom. The Labute approximate surface area is 292 Å². The molecule has 3 heteroatoms. The van der Waals surface area contributed by atoms with E-state index in [1.54, 1.807) is 0 Å². The second-order valence-electron chi connectivity index (χ2n) is 13.3. The molecule has 51 heavy (non-hydrogen) atoms. The molecule has 3 heterocycles. The molecule has 0 spiro atoms. The maximum atomic E-state index is 6.34. The molecule has 0 unspecified atom stereocenters. The Morgan fingerprint density at radius 1 is 0.196 bits per heavy atom. The first-order chi connectivity index (χ1) is 25.2. The predicted octanol–water partition coefficient (Wildman–Crippen LogP) is 14.1. The summed E-state index contributed by atoms with van der Waals surface area (Å²) in [5.41, 5.74) is 14.7. The monoisotopic (exact) mass is 652 g/mol. The van der Waals surface area contributed by atoms with Gasteiger partial charge in [-0.3, -0.25) is 0 Å². The van der Waals surface area contributed by atoms with Gasteiger partial charge in [0.2, 0.25) is 0 Å². The Bertz CT molecular complexity index is 2940. The normalized spacial score (nSPS) is 11.9. The van der Waals surface area contributed by atoms with Crippen LogP contribution in [0.3, 0.4) is 0 Å². The number of para-hydroxylation sites is 2. The van der Waals surface area contributed by atoms with E-state index in [1.807, 2.05) is 24.3 Å². The summed E-state index contributed by atoms with van der Waals surface area (Å²) in [6, 6.07) is 59.9. The van der Waals surface area contributed by atoms with Gasteiger partial charge in [0.25, 0.3) is 0 Å². The lowest BCUT2D eigenvalue weighted by Crippen LogP contribution is -1.83. The molecule has 0 N–H and O–H groups in total. The minimum Gasteiger partial charge on any atom is -0.456 e. The van der Waals surface area contributed by atoms with Gasteiger partial charge in [0.15, 0.2) is 0 Å². The standard InChI is InChI=1S/C48H28O3/c1-3-13-43-37(11-1)39-25-33(15-19-45(39)49-43)29-7-5-9-31(23-29)35-17-21-47-41(27-35)42-28-36(18-22-48(42)51-47)32-10-6-8-30(24-32)34-16-20-46-40(26-34)38-12-2-4-14-44(38)50-46/h1-28H. The summed E-state index contributed by atoms with van der Waals surface area (Å²) in [6.07, 6.45) is 0. The van der Waals surface area contributed by atoms with Crippen LogP contribution in [-0.4, -0.2) is 0 Å². The zero-order valence-electron chi connectivity index (χ0n) is 27.4. The highest BCUT2D eigenvalue weighted by Gasteiger charge is 2.14. The molecule has 3 nitrogen and oxygen atoms in total. The Balaban J connectivity index is 0.965. The van der Waals surface area contributed by atoms with Crippen LogP contribution < -0.4 is 0 Å². The molecule has 0 aliphatic carbocycles. The van der Waals surface area contributed by atoms with E-state index in [2.05, 4.69) is 146 Å². The van der Waals surface area contributed by atoms with Gasteiger partial charge in [-0.05, 0) is 117 Å². The fraction of sp³-hybridized carbons (Fsp3) is 0. The van der Waals surface area contributed by atoms with Gasteiger partial charge in [-0.1, -0.05) is 97.1 Å². The maximum absolute atomic E-state index is 6.34. The van der Waals surface area contributed by atoms with Crippen LogP contribution in [-0.2, 0) is 0 Å². The van der Waals surface area contributed by atoms with Crippen molar-refractivity contribution < 1.29 is 13.3 Å². The van der Waals surface area contributed by atoms with Crippen molar-refractivity contribution in [3.8, 4) is 44.5 Å². The van der Waals surface area contributed by atoms with Gasteiger partial charge in [0.1, 0.15) is 33.5 Å². The fourth-order valence-electron chi connectivity index (χ4n) is 7.70. The molecule has 0 radical (unpaired) electrons. The fourth-order valence-corrected chi connectivity index (χ4v) is 7.70. The first-order valence-corrected chi connectivity index (χ1v) is 17.2. The third-order valence-corrected chi connectivity index (χ3v) is 10.3. The molecular formula is C48H28O3. The van der Waals surface area contributed by atoms with Crippen molar-refractivity contribution in [2.75, 3.05) is 0 Å². The van der Waals surface area contributed by atoms with Crippen LogP contribution in [0.4, 0.5) is 0 Å². The number of benzene rings is 8. The first kappa shape index (κ1) is 28.0. The maximum Gasteiger partial charge on any atom is 0.135 e. The van der Waals surface area contributed by atoms with E-state index in [0.29, 0.717) is 0 Å². The van der Waals surface area contributed by atoms with Crippen molar-refractivity contribution >= 4 is 65.8 Å². The molecular weight excluding hydrogens is 625 g/mol. The molecule has 3 aromatic heterocycles. The summed E-state index contributed by atoms with van der Waals surface area (Å²) < 4.78 is 18.5. The highest BCUT2D eigenvalue weighted by atomic mass is 16.3. The van der Waals surface area contributed by atoms with Gasteiger partial charge in [-0.15, -0.1) is 0 Å². The lowest BCUT2D eigenvalue weighted by atomic mass is 9.96. The molecule has 0 aliphatic heterocycles. The van der Waals surface area contributed by atoms with Crippen molar-refractivity contribution in [1.82, 2.24) is 0 Å². The van der Waals surface area contributed by atoms with Gasteiger partial charge < -0.3 is 13.3 Å². The van der Waals surface area contributed by atoms with Crippen molar-refractivity contribution in [1.29, 1.82) is 0 Å². The van der Waals surface area contributed by atoms with Crippen molar-refractivity contribution in [2.24, 2.45) is 0 Å². The molecule has 0 bridgehead atoms. The molecule has 0 saturated carbocycles. The molecule has 0 fully saturated rings. The molecule has 0 amide bonds. The number of furan rings is 3. The average Bonchev–Trinajstić information content (AvgIpc) is 3.88. The number of rotatable bonds is 4. The van der Waals surface area contributed by atoms with E-state index in [4.69, 9.17) is 13.3 Å². The molecule has 0 aliphatic rings. The zero-order chi connectivity index (χ0) is 33.5. The molecule has 238 valence electrons. The minimum absolute atomic E-state index is 0.883. The van der Waals surface area contributed by atoms with Crippen molar-refractivity contribution in [2.45, 2.75) is 0 Å². The van der Waals surface area contributed by atoms with E-state index in [9.17, 15) is 0 Å². The summed E-state index contributed by atoms with van der Waals surface area (Å²) >= 11 is 0. The van der Waals surface area contributed by atoms with Crippen LogP contribution in [0.25, 0.3) is 110 Å². The third kappa shape index (κ3) is 4.52. The van der Waals surface area contributed by atoms with E-state index in [1.165, 1.54) is 11.1 Å². The van der Waals surface area contributed by atoms with Gasteiger partial charge in [0, 0.05) is 32.3 Å². The van der Waals surface area contributed by atoms with Gasteiger partial charge >= 0.3 is 0 Å². The summed E-state index contributed by atoms with van der Waals surface area (Å²) in [4.78, 5) is 0. The van der Waals surface area contributed by atoms with E-state index in [0.717, 1.165) is 99.2 Å². The van der Waals surface area contributed by atoms with E-state index >= 15 is 0 Å². The predicted molar refractivity (Wildman–Crippen MR) is 210 cm³/mol. The zero-order valence-corrected chi connectivity index (χ0v) is 27.4. The van der Waals surface area contributed by atoms with Crippen molar-refractivity contribution in [3.63, 3.8) is 0 Å². The molecule has 0 saturated heterocycles. The quantitative estimate of drug-likeness (QED) is 0.190. The summed E-state index contributed by atoms with van der Waals surface area (Å²) in [6.45, 7) is 0. The lowest BCUT2D eigenvalue weighted by molar-refractivity contribution is 0.668. The van der Waals surface area contributed by atoms with Crippen LogP contribution >= 0.6 is 0 Å². The van der Waals surface area contributed by atoms with E-state index in [-0.39, 0.29) is 0 Å². The Kier molecular flexibility index (Phi) is 5.96. The first-order valence-electron chi connectivity index (χ1n) is 17.2. The number of fused-ring (bicyclic) bond motifs is 9. The Morgan fingerprint density at radius 2 is 0.471 bits per heavy atom. The molecule has 0 atom stereocenters. The highest BCUT2D eigenvalue weighted by Crippen LogP contribution is 2.38. The van der Waals surface area contributed by atoms with E-state index < -0.39 is 0 Å². The van der Waals surface area contributed by atoms with Crippen LogP contribution in [0.1, 0.15) is 0 Å². The topological polar surface area (TPSA) is 39.4 Å². The third-order valence-electron chi connectivity index (χ3n) is 10.3. The highest BCUT2D eigenvalue weighted by molar-refractivity contribution is 6.09. The van der Waals surface area contributed by atoms with Crippen molar-refractivity contribution in [3.05, 3.63) is 170 Å². The van der Waals surface area contributed by atoms with Crippen LogP contribution in [0, 0.1) is 0 Å². The van der Waals surface area contributed by atoms with Crippen LogP contribution in [0.5, 0.6) is 0 Å². The smallest absolute Gasteiger partial charge is 0.135 e. The SMILES string of the molecule is c1cc(-c2ccc3oc4ccccc4c3c2)cc(-c2ccc3oc4ccc(-c5cccc(-c6ccc7oc8ccccc8c7c6)c5)cc4c3c2)c1. The summed E-state index contributed by atoms with van der Waals surface area (Å²) in [7, 11) is 0. The summed E-state index contributed by atoms with van der Waals surface area (Å²) in [5.74, 6) is 0. The molecule has 11 rings (SSSR count). The van der Waals surface area contributed by atoms with Crippen LogP contribution in [0.2, 0.25) is 0 Å². The Hall–Kier alpha value is -6.84. The molecule has 11 aromatic rings.